The Bertz CT molecular complexity index is 139. The van der Waals surface area contributed by atoms with Crippen LogP contribution in [0.25, 0.3) is 0 Å². The molecule has 56 valence electrons. The average molecular weight is 140 g/mol. The maximum absolute atomic E-state index is 10.6. The smallest absolute Gasteiger partial charge is 0.334 e. The average Bonchev–Trinajstić information content (AvgIpc) is 2.40. The van der Waals surface area contributed by atoms with Gasteiger partial charge in [-0.25, -0.2) is 9.79 Å². The van der Waals surface area contributed by atoms with Crippen LogP contribution in [0.15, 0.2) is 4.99 Å². The highest BCUT2D eigenvalue weighted by atomic mass is 16.2. The Morgan fingerprint density at radius 2 is 2.10 bits per heavy atom. The summed E-state index contributed by atoms with van der Waals surface area (Å²) >= 11 is 0. The van der Waals surface area contributed by atoms with Crippen molar-refractivity contribution in [3.63, 3.8) is 0 Å². The Hall–Kier alpha value is -0.860. The van der Waals surface area contributed by atoms with Crippen LogP contribution in [-0.2, 0) is 0 Å². The summed E-state index contributed by atoms with van der Waals surface area (Å²) in [6.07, 6.45) is 4.65. The molecule has 0 unspecified atom stereocenters. The van der Waals surface area contributed by atoms with Gasteiger partial charge in [-0.05, 0) is 19.6 Å². The van der Waals surface area contributed by atoms with Gasteiger partial charge in [-0.2, -0.15) is 0 Å². The third kappa shape index (κ3) is 1.83. The fourth-order valence-electron chi connectivity index (χ4n) is 1.29. The lowest BCUT2D eigenvalue weighted by Gasteiger charge is -2.07. The molecule has 0 aromatic rings. The largest absolute Gasteiger partial charge is 0.340 e. The number of nitrogens with zero attached hydrogens (tertiary/aromatic N) is 1. The first-order valence-electron chi connectivity index (χ1n) is 3.60. The highest BCUT2D eigenvalue weighted by Crippen LogP contribution is 2.17. The number of urea groups is 1. The Balaban J connectivity index is 2.23. The molecule has 0 aromatic heterocycles. The minimum Gasteiger partial charge on any atom is -0.334 e. The SMILES string of the molecule is C=NC(=O)NC1CCCC1. The molecular weight excluding hydrogens is 128 g/mol. The maximum Gasteiger partial charge on any atom is 0.340 e. The number of amides is 2. The van der Waals surface area contributed by atoms with Gasteiger partial charge in [0, 0.05) is 6.04 Å². The van der Waals surface area contributed by atoms with Crippen molar-refractivity contribution in [2.24, 2.45) is 4.99 Å². The van der Waals surface area contributed by atoms with Crippen molar-refractivity contribution >= 4 is 12.7 Å². The topological polar surface area (TPSA) is 41.5 Å². The van der Waals surface area contributed by atoms with E-state index in [0.717, 1.165) is 12.8 Å². The lowest BCUT2D eigenvalue weighted by Crippen LogP contribution is -2.29. The first kappa shape index (κ1) is 7.25. The maximum atomic E-state index is 10.6. The van der Waals surface area contributed by atoms with Gasteiger partial charge in [0.1, 0.15) is 0 Å². The van der Waals surface area contributed by atoms with Crippen molar-refractivity contribution in [3.05, 3.63) is 0 Å². The van der Waals surface area contributed by atoms with Gasteiger partial charge in [0.2, 0.25) is 0 Å². The highest BCUT2D eigenvalue weighted by molar-refractivity contribution is 5.78. The van der Waals surface area contributed by atoms with Crippen LogP contribution < -0.4 is 5.32 Å². The van der Waals surface area contributed by atoms with Crippen LogP contribution in [0.2, 0.25) is 0 Å². The van der Waals surface area contributed by atoms with Crippen molar-refractivity contribution in [2.75, 3.05) is 0 Å². The molecule has 0 heterocycles. The molecule has 1 aliphatic carbocycles. The molecule has 1 fully saturated rings. The molecule has 1 rings (SSSR count). The molecule has 1 aliphatic rings. The molecule has 1 saturated carbocycles. The summed E-state index contributed by atoms with van der Waals surface area (Å²) < 4.78 is 0. The number of hydrogen-bond donors (Lipinski definition) is 1. The predicted molar refractivity (Wildman–Crippen MR) is 40.3 cm³/mol. The number of rotatable bonds is 1. The molecule has 0 radical (unpaired) electrons. The number of carbonyl (C=O) groups is 1. The number of carbonyl (C=O) groups excluding carboxylic acids is 1. The summed E-state index contributed by atoms with van der Waals surface area (Å²) in [7, 11) is 0. The molecule has 1 N–H and O–H groups in total. The molecule has 0 bridgehead atoms. The number of nitrogens with one attached hydrogen (secondary N) is 1. The zero-order valence-corrected chi connectivity index (χ0v) is 5.97. The number of hydrogen-bond acceptors (Lipinski definition) is 1. The summed E-state index contributed by atoms with van der Waals surface area (Å²) in [6.45, 7) is 3.14. The van der Waals surface area contributed by atoms with Crippen molar-refractivity contribution < 1.29 is 4.79 Å². The van der Waals surface area contributed by atoms with Gasteiger partial charge >= 0.3 is 6.03 Å². The van der Waals surface area contributed by atoms with E-state index in [9.17, 15) is 4.79 Å². The van der Waals surface area contributed by atoms with Gasteiger partial charge in [-0.15, -0.1) is 0 Å². The second-order valence-electron chi connectivity index (χ2n) is 2.59. The highest BCUT2D eigenvalue weighted by Gasteiger charge is 2.15. The summed E-state index contributed by atoms with van der Waals surface area (Å²) in [5, 5.41) is 2.76. The van der Waals surface area contributed by atoms with E-state index in [0.29, 0.717) is 6.04 Å². The van der Waals surface area contributed by atoms with Crippen LogP contribution in [0.1, 0.15) is 25.7 Å². The van der Waals surface area contributed by atoms with Crippen molar-refractivity contribution in [3.8, 4) is 0 Å². The summed E-state index contributed by atoms with van der Waals surface area (Å²) in [4.78, 5) is 13.9. The van der Waals surface area contributed by atoms with Crippen molar-refractivity contribution in [1.29, 1.82) is 0 Å². The van der Waals surface area contributed by atoms with Crippen LogP contribution >= 0.6 is 0 Å². The van der Waals surface area contributed by atoms with Crippen molar-refractivity contribution in [1.82, 2.24) is 5.32 Å². The Labute approximate surface area is 60.5 Å². The first-order chi connectivity index (χ1) is 4.83. The molecule has 0 aliphatic heterocycles. The molecule has 0 aromatic carbocycles. The van der Waals surface area contributed by atoms with E-state index in [1.165, 1.54) is 12.8 Å². The Morgan fingerprint density at radius 1 is 1.50 bits per heavy atom. The standard InChI is InChI=1S/C7H12N2O/c1-8-7(10)9-6-4-2-3-5-6/h6H,1-5H2,(H,9,10). The van der Waals surface area contributed by atoms with Gasteiger partial charge in [-0.3, -0.25) is 0 Å². The molecule has 0 saturated heterocycles. The van der Waals surface area contributed by atoms with E-state index in [4.69, 9.17) is 0 Å². The van der Waals surface area contributed by atoms with Crippen LogP contribution in [0, 0.1) is 0 Å². The third-order valence-electron chi connectivity index (χ3n) is 1.83. The van der Waals surface area contributed by atoms with E-state index >= 15 is 0 Å². The molecule has 3 nitrogen and oxygen atoms in total. The molecule has 10 heavy (non-hydrogen) atoms. The lowest BCUT2D eigenvalue weighted by molar-refractivity contribution is 0.246. The van der Waals surface area contributed by atoms with E-state index < -0.39 is 0 Å². The monoisotopic (exact) mass is 140 g/mol. The van der Waals surface area contributed by atoms with Crippen LogP contribution in [0.3, 0.4) is 0 Å². The van der Waals surface area contributed by atoms with E-state index in [1.54, 1.807) is 0 Å². The zero-order valence-electron chi connectivity index (χ0n) is 5.97. The van der Waals surface area contributed by atoms with Crippen molar-refractivity contribution in [2.45, 2.75) is 31.7 Å². The quantitative estimate of drug-likeness (QED) is 0.548. The van der Waals surface area contributed by atoms with Gasteiger partial charge in [0.15, 0.2) is 0 Å². The molecule has 2 amide bonds. The fourth-order valence-corrected chi connectivity index (χ4v) is 1.29. The Kier molecular flexibility index (Phi) is 2.42. The second kappa shape index (κ2) is 3.34. The minimum atomic E-state index is -0.285. The zero-order chi connectivity index (χ0) is 7.40. The number of aliphatic imine (C=N–C) groups is 1. The minimum absolute atomic E-state index is 0.285. The fraction of sp³-hybridized carbons (Fsp3) is 0.714. The van der Waals surface area contributed by atoms with Crippen LogP contribution in [0.5, 0.6) is 0 Å². The van der Waals surface area contributed by atoms with E-state index in [-0.39, 0.29) is 6.03 Å². The van der Waals surface area contributed by atoms with Crippen LogP contribution in [0.4, 0.5) is 4.79 Å². The second-order valence-corrected chi connectivity index (χ2v) is 2.59. The molecule has 0 atom stereocenters. The molecule has 3 heteroatoms. The van der Waals surface area contributed by atoms with Gasteiger partial charge in [0.05, 0.1) is 0 Å². The molecule has 0 spiro atoms. The summed E-state index contributed by atoms with van der Waals surface area (Å²) in [5.41, 5.74) is 0. The normalized spacial score (nSPS) is 18.8. The third-order valence-corrected chi connectivity index (χ3v) is 1.83. The van der Waals surface area contributed by atoms with Gasteiger partial charge < -0.3 is 5.32 Å². The van der Waals surface area contributed by atoms with E-state index in [2.05, 4.69) is 17.0 Å². The Morgan fingerprint density at radius 3 is 2.60 bits per heavy atom. The summed E-state index contributed by atoms with van der Waals surface area (Å²) in [6, 6.07) is 0.0740. The summed E-state index contributed by atoms with van der Waals surface area (Å²) in [5.74, 6) is 0. The van der Waals surface area contributed by atoms with Gasteiger partial charge in [0.25, 0.3) is 0 Å². The van der Waals surface area contributed by atoms with Gasteiger partial charge in [-0.1, -0.05) is 12.8 Å². The van der Waals surface area contributed by atoms with Crippen LogP contribution in [-0.4, -0.2) is 18.8 Å². The predicted octanol–water partition coefficient (Wildman–Crippen LogP) is 1.34. The molecular formula is C7H12N2O. The lowest BCUT2D eigenvalue weighted by atomic mass is 10.3. The first-order valence-corrected chi connectivity index (χ1v) is 3.60. The van der Waals surface area contributed by atoms with E-state index in [1.807, 2.05) is 0 Å².